The average Bonchev–Trinajstić information content (AvgIpc) is 3.50. The monoisotopic (exact) mass is 402 g/mol. The van der Waals surface area contributed by atoms with Crippen molar-refractivity contribution in [3.05, 3.63) is 66.6 Å². The molecule has 4 aromatic rings. The van der Waals surface area contributed by atoms with Gasteiger partial charge in [-0.05, 0) is 41.6 Å². The standard InChI is InChI=1S/C21H22N8O/c1-16(19-22-23-20(30-19)17-8-4-2-5-9-17)27-12-14-28(15-13-27)21-24-25-26-29(21)18-10-6-3-7-11-18/h2-11,16H,12-15H2,1H3. The molecule has 0 saturated carbocycles. The molecule has 1 saturated heterocycles. The topological polar surface area (TPSA) is 89.0 Å². The second kappa shape index (κ2) is 8.03. The largest absolute Gasteiger partial charge is 0.419 e. The number of hydrogen-bond donors (Lipinski definition) is 0. The van der Waals surface area contributed by atoms with Crippen LogP contribution in [0, 0.1) is 0 Å². The third-order valence-corrected chi connectivity index (χ3v) is 5.42. The fraction of sp³-hybridized carbons (Fsp3) is 0.286. The number of hydrogen-bond acceptors (Lipinski definition) is 8. The van der Waals surface area contributed by atoms with E-state index in [4.69, 9.17) is 4.42 Å². The number of rotatable bonds is 5. The molecule has 0 radical (unpaired) electrons. The molecule has 1 aliphatic heterocycles. The van der Waals surface area contributed by atoms with Crippen LogP contribution in [0.5, 0.6) is 0 Å². The van der Waals surface area contributed by atoms with E-state index in [0.717, 1.165) is 43.4 Å². The highest BCUT2D eigenvalue weighted by atomic mass is 16.4. The molecular formula is C21H22N8O. The van der Waals surface area contributed by atoms with Crippen molar-refractivity contribution in [1.29, 1.82) is 0 Å². The first-order chi connectivity index (χ1) is 14.8. The Balaban J connectivity index is 1.26. The van der Waals surface area contributed by atoms with Gasteiger partial charge in [0.2, 0.25) is 17.7 Å². The number of tetrazole rings is 1. The Bertz CT molecular complexity index is 1090. The first-order valence-corrected chi connectivity index (χ1v) is 10.0. The van der Waals surface area contributed by atoms with E-state index >= 15 is 0 Å². The van der Waals surface area contributed by atoms with Crippen LogP contribution < -0.4 is 4.90 Å². The number of benzene rings is 2. The fourth-order valence-electron chi connectivity index (χ4n) is 3.68. The lowest BCUT2D eigenvalue weighted by Crippen LogP contribution is -2.48. The minimum absolute atomic E-state index is 0.0437. The molecule has 30 heavy (non-hydrogen) atoms. The van der Waals surface area contributed by atoms with Gasteiger partial charge in [-0.2, -0.15) is 4.68 Å². The van der Waals surface area contributed by atoms with Gasteiger partial charge >= 0.3 is 0 Å². The lowest BCUT2D eigenvalue weighted by Gasteiger charge is -2.36. The molecule has 2 aromatic carbocycles. The first kappa shape index (κ1) is 18.4. The predicted octanol–water partition coefficient (Wildman–Crippen LogP) is 2.60. The fourth-order valence-corrected chi connectivity index (χ4v) is 3.68. The van der Waals surface area contributed by atoms with Crippen molar-refractivity contribution in [1.82, 2.24) is 35.3 Å². The summed E-state index contributed by atoms with van der Waals surface area (Å²) in [7, 11) is 0. The average molecular weight is 402 g/mol. The van der Waals surface area contributed by atoms with E-state index in [9.17, 15) is 0 Å². The molecule has 152 valence electrons. The number of piperazine rings is 1. The summed E-state index contributed by atoms with van der Waals surface area (Å²) < 4.78 is 7.73. The summed E-state index contributed by atoms with van der Waals surface area (Å²) in [6.07, 6.45) is 0. The van der Waals surface area contributed by atoms with E-state index in [1.807, 2.05) is 60.7 Å². The van der Waals surface area contributed by atoms with Crippen molar-refractivity contribution in [2.24, 2.45) is 0 Å². The smallest absolute Gasteiger partial charge is 0.250 e. The Morgan fingerprint density at radius 1 is 0.833 bits per heavy atom. The first-order valence-electron chi connectivity index (χ1n) is 10.0. The van der Waals surface area contributed by atoms with E-state index in [1.165, 1.54) is 0 Å². The van der Waals surface area contributed by atoms with Crippen molar-refractivity contribution >= 4 is 5.95 Å². The summed E-state index contributed by atoms with van der Waals surface area (Å²) >= 11 is 0. The third-order valence-electron chi connectivity index (χ3n) is 5.42. The minimum Gasteiger partial charge on any atom is -0.419 e. The quantitative estimate of drug-likeness (QED) is 0.503. The molecule has 1 fully saturated rings. The lowest BCUT2D eigenvalue weighted by atomic mass is 10.2. The molecule has 0 aliphatic carbocycles. The maximum atomic E-state index is 5.95. The second-order valence-corrected chi connectivity index (χ2v) is 7.24. The Morgan fingerprint density at radius 2 is 1.53 bits per heavy atom. The summed E-state index contributed by atoms with van der Waals surface area (Å²) in [5.74, 6) is 1.95. The van der Waals surface area contributed by atoms with Crippen LogP contribution in [0.1, 0.15) is 18.9 Å². The summed E-state index contributed by atoms with van der Waals surface area (Å²) in [6, 6.07) is 19.8. The number of anilines is 1. The van der Waals surface area contributed by atoms with Gasteiger partial charge in [-0.3, -0.25) is 4.90 Å². The molecule has 0 spiro atoms. The third kappa shape index (κ3) is 3.55. The minimum atomic E-state index is 0.0437. The Kier molecular flexibility index (Phi) is 4.94. The highest BCUT2D eigenvalue weighted by Gasteiger charge is 2.28. The van der Waals surface area contributed by atoms with Crippen molar-refractivity contribution in [2.75, 3.05) is 31.1 Å². The van der Waals surface area contributed by atoms with Gasteiger partial charge in [0.15, 0.2) is 0 Å². The number of aromatic nitrogens is 6. The van der Waals surface area contributed by atoms with Gasteiger partial charge in [0.05, 0.1) is 11.7 Å². The van der Waals surface area contributed by atoms with E-state index in [2.05, 4.69) is 42.4 Å². The molecule has 9 heteroatoms. The van der Waals surface area contributed by atoms with Crippen LogP contribution in [-0.4, -0.2) is 61.5 Å². The maximum Gasteiger partial charge on any atom is 0.250 e. The van der Waals surface area contributed by atoms with Gasteiger partial charge in [-0.15, -0.1) is 10.2 Å². The molecule has 2 aromatic heterocycles. The van der Waals surface area contributed by atoms with Gasteiger partial charge in [0.25, 0.3) is 0 Å². The van der Waals surface area contributed by atoms with Crippen molar-refractivity contribution in [3.63, 3.8) is 0 Å². The molecule has 0 amide bonds. The van der Waals surface area contributed by atoms with Gasteiger partial charge in [-0.25, -0.2) is 0 Å². The normalized spacial score (nSPS) is 16.0. The van der Waals surface area contributed by atoms with Crippen LogP contribution >= 0.6 is 0 Å². The van der Waals surface area contributed by atoms with Crippen LogP contribution in [0.25, 0.3) is 17.1 Å². The van der Waals surface area contributed by atoms with Crippen LogP contribution in [0.3, 0.4) is 0 Å². The highest BCUT2D eigenvalue weighted by molar-refractivity contribution is 5.51. The number of para-hydroxylation sites is 1. The zero-order valence-corrected chi connectivity index (χ0v) is 16.7. The van der Waals surface area contributed by atoms with Crippen molar-refractivity contribution in [3.8, 4) is 17.1 Å². The molecule has 5 rings (SSSR count). The molecule has 9 nitrogen and oxygen atoms in total. The zero-order valence-electron chi connectivity index (χ0n) is 16.7. The molecule has 1 aliphatic rings. The van der Waals surface area contributed by atoms with Crippen molar-refractivity contribution in [2.45, 2.75) is 13.0 Å². The maximum absolute atomic E-state index is 5.95. The van der Waals surface area contributed by atoms with Crippen LogP contribution in [-0.2, 0) is 0 Å². The molecule has 1 atom stereocenters. The van der Waals surface area contributed by atoms with Gasteiger partial charge in [0, 0.05) is 31.7 Å². The lowest BCUT2D eigenvalue weighted by molar-refractivity contribution is 0.173. The number of nitrogens with zero attached hydrogens (tertiary/aromatic N) is 8. The molecule has 0 N–H and O–H groups in total. The van der Waals surface area contributed by atoms with E-state index < -0.39 is 0 Å². The molecule has 1 unspecified atom stereocenters. The van der Waals surface area contributed by atoms with E-state index in [-0.39, 0.29) is 6.04 Å². The summed E-state index contributed by atoms with van der Waals surface area (Å²) in [4.78, 5) is 4.55. The van der Waals surface area contributed by atoms with Crippen molar-refractivity contribution < 1.29 is 4.42 Å². The Hall–Kier alpha value is -3.59. The van der Waals surface area contributed by atoms with Crippen LogP contribution in [0.4, 0.5) is 5.95 Å². The molecular weight excluding hydrogens is 380 g/mol. The van der Waals surface area contributed by atoms with Gasteiger partial charge in [-0.1, -0.05) is 41.5 Å². The summed E-state index contributed by atoms with van der Waals surface area (Å²) in [5.41, 5.74) is 1.88. The Labute approximate surface area is 173 Å². The van der Waals surface area contributed by atoms with E-state index in [1.54, 1.807) is 4.68 Å². The zero-order chi connectivity index (χ0) is 20.3. The second-order valence-electron chi connectivity index (χ2n) is 7.24. The summed E-state index contributed by atoms with van der Waals surface area (Å²) in [5, 5.41) is 20.8. The summed E-state index contributed by atoms with van der Waals surface area (Å²) in [6.45, 7) is 5.44. The highest BCUT2D eigenvalue weighted by Crippen LogP contribution is 2.25. The Morgan fingerprint density at radius 3 is 2.27 bits per heavy atom. The van der Waals surface area contributed by atoms with E-state index in [0.29, 0.717) is 11.8 Å². The van der Waals surface area contributed by atoms with Crippen LogP contribution in [0.15, 0.2) is 65.1 Å². The SMILES string of the molecule is CC(c1nnc(-c2ccccc2)o1)N1CCN(c2nnnn2-c2ccccc2)CC1. The predicted molar refractivity (Wildman–Crippen MR) is 111 cm³/mol. The van der Waals surface area contributed by atoms with Gasteiger partial charge in [0.1, 0.15) is 0 Å². The molecule has 0 bridgehead atoms. The van der Waals surface area contributed by atoms with Gasteiger partial charge < -0.3 is 9.32 Å². The van der Waals surface area contributed by atoms with Crippen LogP contribution in [0.2, 0.25) is 0 Å². The molecule has 3 heterocycles.